The third-order valence-electron chi connectivity index (χ3n) is 2.33. The standard InChI is InChI=1S/C11H24O2S/c1-13-10-8-6-4-2-3-5-7-9-11-14-12/h12H,2-11H2,1H3. The summed E-state index contributed by atoms with van der Waals surface area (Å²) in [6, 6.07) is 0. The summed E-state index contributed by atoms with van der Waals surface area (Å²) in [5, 5.41) is 0. The summed E-state index contributed by atoms with van der Waals surface area (Å²) in [4.78, 5) is 0. The van der Waals surface area contributed by atoms with Gasteiger partial charge in [0.2, 0.25) is 0 Å². The van der Waals surface area contributed by atoms with E-state index in [1.165, 1.54) is 44.9 Å². The van der Waals surface area contributed by atoms with E-state index in [-0.39, 0.29) is 0 Å². The second-order valence-electron chi connectivity index (χ2n) is 3.65. The summed E-state index contributed by atoms with van der Waals surface area (Å²) >= 11 is 0.965. The molecule has 0 amide bonds. The third kappa shape index (κ3) is 12.3. The lowest BCUT2D eigenvalue weighted by Crippen LogP contribution is -1.88. The average Bonchev–Trinajstić information content (AvgIpc) is 2.21. The highest BCUT2D eigenvalue weighted by molar-refractivity contribution is 7.93. The van der Waals surface area contributed by atoms with Crippen LogP contribution in [0.25, 0.3) is 0 Å². The lowest BCUT2D eigenvalue weighted by Gasteiger charge is -2.01. The monoisotopic (exact) mass is 220 g/mol. The predicted octanol–water partition coefficient (Wildman–Crippen LogP) is 3.96. The van der Waals surface area contributed by atoms with Crippen LogP contribution in [-0.4, -0.2) is 24.0 Å². The number of ether oxygens (including phenoxy) is 1. The molecule has 2 nitrogen and oxygen atoms in total. The highest BCUT2D eigenvalue weighted by Crippen LogP contribution is 2.09. The zero-order valence-corrected chi connectivity index (χ0v) is 10.2. The Balaban J connectivity index is 2.78. The number of hydrogen-bond donors (Lipinski definition) is 1. The molecule has 0 bridgehead atoms. The molecule has 0 aliphatic carbocycles. The van der Waals surface area contributed by atoms with Crippen LogP contribution in [0.3, 0.4) is 0 Å². The van der Waals surface area contributed by atoms with Gasteiger partial charge in [-0.1, -0.05) is 38.5 Å². The van der Waals surface area contributed by atoms with E-state index >= 15 is 0 Å². The van der Waals surface area contributed by atoms with Gasteiger partial charge in [0.25, 0.3) is 0 Å². The Kier molecular flexibility index (Phi) is 13.5. The lowest BCUT2D eigenvalue weighted by atomic mass is 10.1. The van der Waals surface area contributed by atoms with Crippen molar-refractivity contribution in [2.75, 3.05) is 19.5 Å². The van der Waals surface area contributed by atoms with E-state index in [2.05, 4.69) is 0 Å². The fourth-order valence-corrected chi connectivity index (χ4v) is 1.81. The summed E-state index contributed by atoms with van der Waals surface area (Å²) in [5.41, 5.74) is 0. The van der Waals surface area contributed by atoms with Crippen molar-refractivity contribution in [3.05, 3.63) is 0 Å². The second-order valence-corrected chi connectivity index (χ2v) is 4.32. The maximum absolute atomic E-state index is 8.49. The number of hydrogen-bond acceptors (Lipinski definition) is 3. The smallest absolute Gasteiger partial charge is 0.0462 e. The van der Waals surface area contributed by atoms with Crippen molar-refractivity contribution >= 4 is 12.0 Å². The average molecular weight is 220 g/mol. The molecule has 0 aromatic rings. The minimum atomic E-state index is 0.897. The van der Waals surface area contributed by atoms with E-state index in [0.717, 1.165) is 30.8 Å². The number of rotatable bonds is 11. The Morgan fingerprint density at radius 1 is 0.857 bits per heavy atom. The normalized spacial score (nSPS) is 10.7. The molecule has 0 saturated carbocycles. The minimum absolute atomic E-state index is 0.897. The molecule has 0 aliphatic rings. The van der Waals surface area contributed by atoms with Gasteiger partial charge in [0.05, 0.1) is 0 Å². The molecule has 0 atom stereocenters. The predicted molar refractivity (Wildman–Crippen MR) is 63.9 cm³/mol. The second kappa shape index (κ2) is 13.3. The Bertz CT molecular complexity index is 87.3. The van der Waals surface area contributed by atoms with Gasteiger partial charge in [-0.3, -0.25) is 0 Å². The van der Waals surface area contributed by atoms with Crippen LogP contribution in [0.5, 0.6) is 0 Å². The van der Waals surface area contributed by atoms with Crippen LogP contribution in [-0.2, 0) is 4.74 Å². The zero-order valence-electron chi connectivity index (χ0n) is 9.33. The summed E-state index contributed by atoms with van der Waals surface area (Å²) in [6.45, 7) is 0.910. The first-order valence-electron chi connectivity index (χ1n) is 5.67. The van der Waals surface area contributed by atoms with Crippen LogP contribution in [0.1, 0.15) is 51.4 Å². The number of methoxy groups -OCH3 is 1. The van der Waals surface area contributed by atoms with Crippen molar-refractivity contribution in [2.24, 2.45) is 0 Å². The van der Waals surface area contributed by atoms with Crippen LogP contribution < -0.4 is 0 Å². The summed E-state index contributed by atoms with van der Waals surface area (Å²) in [7, 11) is 1.76. The molecule has 0 spiro atoms. The van der Waals surface area contributed by atoms with Gasteiger partial charge in [-0.05, 0) is 24.9 Å². The van der Waals surface area contributed by atoms with E-state index in [1.54, 1.807) is 7.11 Å². The van der Waals surface area contributed by atoms with Crippen LogP contribution in [0, 0.1) is 0 Å². The largest absolute Gasteiger partial charge is 0.385 e. The number of unbranched alkanes of at least 4 members (excludes halogenated alkanes) is 7. The van der Waals surface area contributed by atoms with Gasteiger partial charge in [-0.25, -0.2) is 0 Å². The Morgan fingerprint density at radius 3 is 1.86 bits per heavy atom. The van der Waals surface area contributed by atoms with Crippen LogP contribution in [0.4, 0.5) is 0 Å². The van der Waals surface area contributed by atoms with Gasteiger partial charge in [-0.15, -0.1) is 0 Å². The molecule has 0 heterocycles. The molecule has 1 N–H and O–H groups in total. The molecule has 0 aromatic carbocycles. The molecule has 0 saturated heterocycles. The van der Waals surface area contributed by atoms with Crippen LogP contribution in [0.2, 0.25) is 0 Å². The maximum Gasteiger partial charge on any atom is 0.0462 e. The van der Waals surface area contributed by atoms with Crippen molar-refractivity contribution in [1.82, 2.24) is 0 Å². The first-order valence-corrected chi connectivity index (χ1v) is 6.61. The third-order valence-corrected chi connectivity index (χ3v) is 2.81. The fourth-order valence-electron chi connectivity index (χ4n) is 1.47. The maximum atomic E-state index is 8.49. The fraction of sp³-hybridized carbons (Fsp3) is 1.00. The van der Waals surface area contributed by atoms with E-state index in [0.29, 0.717) is 0 Å². The molecule has 0 aliphatic heterocycles. The van der Waals surface area contributed by atoms with Gasteiger partial charge >= 0.3 is 0 Å². The summed E-state index contributed by atoms with van der Waals surface area (Å²) < 4.78 is 13.5. The van der Waals surface area contributed by atoms with Crippen LogP contribution >= 0.6 is 12.0 Å². The van der Waals surface area contributed by atoms with Gasteiger partial charge in [-0.2, -0.15) is 0 Å². The first-order chi connectivity index (χ1) is 6.91. The molecule has 0 radical (unpaired) electrons. The molecule has 3 heteroatoms. The Labute approximate surface area is 92.6 Å². The van der Waals surface area contributed by atoms with Crippen molar-refractivity contribution in [2.45, 2.75) is 51.4 Å². The SMILES string of the molecule is COCCCCCCCCCCSO. The van der Waals surface area contributed by atoms with Crippen molar-refractivity contribution in [3.63, 3.8) is 0 Å². The van der Waals surface area contributed by atoms with Crippen molar-refractivity contribution in [1.29, 1.82) is 0 Å². The van der Waals surface area contributed by atoms with E-state index in [1.807, 2.05) is 0 Å². The Hall–Kier alpha value is 0.270. The highest BCUT2D eigenvalue weighted by Gasteiger charge is 1.92. The summed E-state index contributed by atoms with van der Waals surface area (Å²) in [6.07, 6.45) is 10.3. The minimum Gasteiger partial charge on any atom is -0.385 e. The molecule has 0 rings (SSSR count). The lowest BCUT2D eigenvalue weighted by molar-refractivity contribution is 0.192. The Morgan fingerprint density at radius 2 is 1.36 bits per heavy atom. The first kappa shape index (κ1) is 14.3. The van der Waals surface area contributed by atoms with Crippen molar-refractivity contribution in [3.8, 4) is 0 Å². The van der Waals surface area contributed by atoms with E-state index in [9.17, 15) is 0 Å². The molecule has 0 unspecified atom stereocenters. The molecule has 86 valence electrons. The van der Waals surface area contributed by atoms with Gasteiger partial charge in [0.1, 0.15) is 0 Å². The van der Waals surface area contributed by atoms with Gasteiger partial charge in [0.15, 0.2) is 0 Å². The summed E-state index contributed by atoms with van der Waals surface area (Å²) in [5.74, 6) is 0.897. The zero-order chi connectivity index (χ0) is 10.5. The van der Waals surface area contributed by atoms with Crippen molar-refractivity contribution < 1.29 is 9.29 Å². The molecular weight excluding hydrogens is 196 g/mol. The van der Waals surface area contributed by atoms with Gasteiger partial charge in [0, 0.05) is 19.5 Å². The van der Waals surface area contributed by atoms with E-state index in [4.69, 9.17) is 9.29 Å². The topological polar surface area (TPSA) is 29.5 Å². The quantitative estimate of drug-likeness (QED) is 0.422. The van der Waals surface area contributed by atoms with Crippen LogP contribution in [0.15, 0.2) is 0 Å². The molecular formula is C11H24O2S. The van der Waals surface area contributed by atoms with E-state index < -0.39 is 0 Å². The molecule has 14 heavy (non-hydrogen) atoms. The highest BCUT2D eigenvalue weighted by atomic mass is 32.2. The molecule has 0 fully saturated rings. The molecule has 0 aromatic heterocycles. The van der Waals surface area contributed by atoms with Gasteiger partial charge < -0.3 is 9.29 Å².